The second kappa shape index (κ2) is 6.24. The summed E-state index contributed by atoms with van der Waals surface area (Å²) in [6, 6.07) is 13.5. The molecule has 0 saturated heterocycles. The zero-order chi connectivity index (χ0) is 15.5. The predicted octanol–water partition coefficient (Wildman–Crippen LogP) is 4.49. The summed E-state index contributed by atoms with van der Waals surface area (Å²) in [4.78, 5) is 11.2. The van der Waals surface area contributed by atoms with Gasteiger partial charge in [-0.3, -0.25) is 4.79 Å². The Balaban J connectivity index is 1.76. The van der Waals surface area contributed by atoms with Crippen LogP contribution in [0.4, 0.5) is 0 Å². The van der Waals surface area contributed by atoms with Crippen LogP contribution in [0.15, 0.2) is 48.7 Å². The molecule has 0 atom stereocenters. The Morgan fingerprint density at radius 3 is 2.68 bits per heavy atom. The van der Waals surface area contributed by atoms with Gasteiger partial charge in [-0.25, -0.2) is 0 Å². The van der Waals surface area contributed by atoms with Gasteiger partial charge in [0.15, 0.2) is 6.29 Å². The molecule has 1 heterocycles. The minimum atomic E-state index is 0.535. The molecular formula is C18H16ClNO2. The molecule has 0 radical (unpaired) electrons. The van der Waals surface area contributed by atoms with Gasteiger partial charge in [0.1, 0.15) is 12.4 Å². The molecule has 22 heavy (non-hydrogen) atoms. The Hall–Kier alpha value is -2.26. The number of halogens is 1. The molecule has 0 fully saturated rings. The van der Waals surface area contributed by atoms with E-state index in [1.807, 2.05) is 60.2 Å². The number of aromatic nitrogens is 1. The largest absolute Gasteiger partial charge is 0.492 e. The van der Waals surface area contributed by atoms with Crippen LogP contribution in [0.2, 0.25) is 5.02 Å². The fourth-order valence-electron chi connectivity index (χ4n) is 2.47. The lowest BCUT2D eigenvalue weighted by atomic mass is 10.2. The number of nitrogens with zero attached hydrogens (tertiary/aromatic N) is 1. The third-order valence-corrected chi connectivity index (χ3v) is 3.86. The van der Waals surface area contributed by atoms with E-state index in [2.05, 4.69) is 0 Å². The van der Waals surface area contributed by atoms with Crippen molar-refractivity contribution in [3.8, 4) is 5.75 Å². The van der Waals surface area contributed by atoms with Crippen molar-refractivity contribution in [2.45, 2.75) is 13.5 Å². The number of ether oxygens (including phenoxy) is 1. The van der Waals surface area contributed by atoms with E-state index < -0.39 is 0 Å². The fraction of sp³-hybridized carbons (Fsp3) is 0.167. The summed E-state index contributed by atoms with van der Waals surface area (Å²) in [5, 5.41) is 1.50. The summed E-state index contributed by atoms with van der Waals surface area (Å²) in [7, 11) is 0. The van der Waals surface area contributed by atoms with E-state index in [9.17, 15) is 4.79 Å². The third-order valence-electron chi connectivity index (χ3n) is 3.62. The standard InChI is InChI=1S/C18H16ClNO2/c1-13-2-5-16(6-3-13)22-9-8-20-11-14(12-21)17-10-15(19)4-7-18(17)20/h2-7,10-12H,8-9H2,1H3. The molecule has 0 bridgehead atoms. The maximum Gasteiger partial charge on any atom is 0.152 e. The van der Waals surface area contributed by atoms with Gasteiger partial charge in [0.05, 0.1) is 6.54 Å². The van der Waals surface area contributed by atoms with Gasteiger partial charge in [-0.15, -0.1) is 0 Å². The molecular weight excluding hydrogens is 298 g/mol. The highest BCUT2D eigenvalue weighted by atomic mass is 35.5. The average molecular weight is 314 g/mol. The maximum atomic E-state index is 11.2. The number of aryl methyl sites for hydroxylation is 1. The minimum absolute atomic E-state index is 0.535. The molecule has 3 aromatic rings. The zero-order valence-electron chi connectivity index (χ0n) is 12.3. The first-order valence-electron chi connectivity index (χ1n) is 7.10. The van der Waals surface area contributed by atoms with E-state index in [-0.39, 0.29) is 0 Å². The van der Waals surface area contributed by atoms with Crippen molar-refractivity contribution in [3.63, 3.8) is 0 Å². The first kappa shape index (κ1) is 14.7. The molecule has 0 aliphatic rings. The van der Waals surface area contributed by atoms with Crippen molar-refractivity contribution in [1.29, 1.82) is 0 Å². The van der Waals surface area contributed by atoms with Gasteiger partial charge < -0.3 is 9.30 Å². The molecule has 3 nitrogen and oxygen atoms in total. The number of carbonyl (C=O) groups excluding carboxylic acids is 1. The molecule has 1 aromatic heterocycles. The number of benzene rings is 2. The first-order valence-corrected chi connectivity index (χ1v) is 7.48. The molecule has 2 aromatic carbocycles. The van der Waals surface area contributed by atoms with E-state index in [4.69, 9.17) is 16.3 Å². The van der Waals surface area contributed by atoms with Crippen LogP contribution in [0.1, 0.15) is 15.9 Å². The van der Waals surface area contributed by atoms with Crippen molar-refractivity contribution in [3.05, 3.63) is 64.8 Å². The lowest BCUT2D eigenvalue weighted by molar-refractivity contribution is 0.112. The monoisotopic (exact) mass is 313 g/mol. The number of rotatable bonds is 5. The predicted molar refractivity (Wildman–Crippen MR) is 89.0 cm³/mol. The van der Waals surface area contributed by atoms with E-state index >= 15 is 0 Å². The molecule has 4 heteroatoms. The number of carbonyl (C=O) groups is 1. The molecule has 3 rings (SSSR count). The smallest absolute Gasteiger partial charge is 0.152 e. The van der Waals surface area contributed by atoms with Crippen molar-refractivity contribution in [2.24, 2.45) is 0 Å². The number of fused-ring (bicyclic) bond motifs is 1. The Morgan fingerprint density at radius 2 is 1.95 bits per heavy atom. The number of aldehydes is 1. The Morgan fingerprint density at radius 1 is 1.18 bits per heavy atom. The van der Waals surface area contributed by atoms with Crippen molar-refractivity contribution in [1.82, 2.24) is 4.57 Å². The molecule has 112 valence electrons. The van der Waals surface area contributed by atoms with Crippen LogP contribution in [0, 0.1) is 6.92 Å². The molecule has 0 amide bonds. The van der Waals surface area contributed by atoms with E-state index in [0.29, 0.717) is 23.7 Å². The van der Waals surface area contributed by atoms with Crippen LogP contribution in [0.5, 0.6) is 5.75 Å². The Bertz CT molecular complexity index is 806. The van der Waals surface area contributed by atoms with Crippen LogP contribution >= 0.6 is 11.6 Å². The van der Waals surface area contributed by atoms with E-state index in [1.54, 1.807) is 0 Å². The minimum Gasteiger partial charge on any atom is -0.492 e. The summed E-state index contributed by atoms with van der Waals surface area (Å²) < 4.78 is 7.76. The SMILES string of the molecule is Cc1ccc(OCCn2cc(C=O)c3cc(Cl)ccc32)cc1. The lowest BCUT2D eigenvalue weighted by Crippen LogP contribution is -2.07. The van der Waals surface area contributed by atoms with Crippen molar-refractivity contribution < 1.29 is 9.53 Å². The molecule has 0 saturated carbocycles. The van der Waals surface area contributed by atoms with Crippen molar-refractivity contribution in [2.75, 3.05) is 6.61 Å². The normalized spacial score (nSPS) is 10.8. The summed E-state index contributed by atoms with van der Waals surface area (Å²) >= 11 is 6.00. The van der Waals surface area contributed by atoms with Crippen LogP contribution in [0.25, 0.3) is 10.9 Å². The molecule has 0 spiro atoms. The first-order chi connectivity index (χ1) is 10.7. The highest BCUT2D eigenvalue weighted by Crippen LogP contribution is 2.24. The van der Waals surface area contributed by atoms with E-state index in [0.717, 1.165) is 22.9 Å². The maximum absolute atomic E-state index is 11.2. The number of hydrogen-bond donors (Lipinski definition) is 0. The lowest BCUT2D eigenvalue weighted by Gasteiger charge is -2.08. The summed E-state index contributed by atoms with van der Waals surface area (Å²) in [5.41, 5.74) is 2.84. The summed E-state index contributed by atoms with van der Waals surface area (Å²) in [6.07, 6.45) is 2.70. The molecule has 0 aliphatic carbocycles. The molecule has 0 N–H and O–H groups in total. The number of hydrogen-bond acceptors (Lipinski definition) is 2. The van der Waals surface area contributed by atoms with Gasteiger partial charge in [-0.1, -0.05) is 29.3 Å². The van der Waals surface area contributed by atoms with Crippen molar-refractivity contribution >= 4 is 28.8 Å². The molecule has 0 aliphatic heterocycles. The van der Waals surface area contributed by atoms with Gasteiger partial charge in [0, 0.05) is 27.7 Å². The topological polar surface area (TPSA) is 31.2 Å². The third kappa shape index (κ3) is 3.00. The van der Waals surface area contributed by atoms with Crippen LogP contribution in [0.3, 0.4) is 0 Å². The van der Waals surface area contributed by atoms with Crippen LogP contribution in [-0.2, 0) is 6.54 Å². The van der Waals surface area contributed by atoms with Gasteiger partial charge in [-0.05, 0) is 37.3 Å². The Labute approximate surface area is 134 Å². The van der Waals surface area contributed by atoms with Crippen LogP contribution in [-0.4, -0.2) is 17.5 Å². The van der Waals surface area contributed by atoms with Gasteiger partial charge in [0.25, 0.3) is 0 Å². The second-order valence-corrected chi connectivity index (χ2v) is 5.66. The quantitative estimate of drug-likeness (QED) is 0.650. The summed E-state index contributed by atoms with van der Waals surface area (Å²) in [5.74, 6) is 0.848. The van der Waals surface area contributed by atoms with Gasteiger partial charge in [-0.2, -0.15) is 0 Å². The van der Waals surface area contributed by atoms with Gasteiger partial charge in [0.2, 0.25) is 0 Å². The van der Waals surface area contributed by atoms with E-state index in [1.165, 1.54) is 5.56 Å². The van der Waals surface area contributed by atoms with Gasteiger partial charge >= 0.3 is 0 Å². The Kier molecular flexibility index (Phi) is 4.16. The second-order valence-electron chi connectivity index (χ2n) is 5.22. The average Bonchev–Trinajstić information content (AvgIpc) is 2.86. The highest BCUT2D eigenvalue weighted by molar-refractivity contribution is 6.31. The van der Waals surface area contributed by atoms with Crippen LogP contribution < -0.4 is 4.74 Å². The highest BCUT2D eigenvalue weighted by Gasteiger charge is 2.08. The fourth-order valence-corrected chi connectivity index (χ4v) is 2.64. The summed E-state index contributed by atoms with van der Waals surface area (Å²) in [6.45, 7) is 3.25. The molecule has 0 unspecified atom stereocenters. The zero-order valence-corrected chi connectivity index (χ0v) is 13.0.